The van der Waals surface area contributed by atoms with Gasteiger partial charge in [0.25, 0.3) is 0 Å². The summed E-state index contributed by atoms with van der Waals surface area (Å²) in [5.74, 6) is -0.177. The van der Waals surface area contributed by atoms with Gasteiger partial charge >= 0.3 is 40.9 Å². The predicted octanol–water partition coefficient (Wildman–Crippen LogP) is -4.84. The molecule has 0 spiro atoms. The van der Waals surface area contributed by atoms with E-state index < -0.39 is 11.4 Å². The van der Waals surface area contributed by atoms with Crippen LogP contribution in [0.3, 0.4) is 0 Å². The first-order valence-electron chi connectivity index (χ1n) is 2.14. The minimum Gasteiger partial charge on any atom is -1.00 e. The third-order valence-electron chi connectivity index (χ3n) is 0.684. The fourth-order valence-electron chi connectivity index (χ4n) is 0.410. The van der Waals surface area contributed by atoms with Crippen LogP contribution in [0.1, 0.15) is 1.43 Å². The minimum absolute atomic E-state index is 0. The summed E-state index contributed by atoms with van der Waals surface area (Å²) in [6, 6.07) is 0. The Morgan fingerprint density at radius 3 is 2.40 bits per heavy atom. The van der Waals surface area contributed by atoms with E-state index in [2.05, 4.69) is 9.97 Å². The molecule has 10 heavy (non-hydrogen) atoms. The van der Waals surface area contributed by atoms with Gasteiger partial charge in [0.1, 0.15) is 0 Å². The number of nitrogens with two attached hydrogens (primary N) is 1. The van der Waals surface area contributed by atoms with Crippen LogP contribution in [0.2, 0.25) is 0 Å². The van der Waals surface area contributed by atoms with Crippen LogP contribution in [-0.4, -0.2) is 15.0 Å². The Kier molecular flexibility index (Phi) is 3.34. The Morgan fingerprint density at radius 2 is 2.00 bits per heavy atom. The maximum absolute atomic E-state index is 10.3. The van der Waals surface area contributed by atoms with Gasteiger partial charge in [-0.2, -0.15) is 4.98 Å². The Balaban J connectivity index is 0. The standard InChI is InChI=1S/C3H4N4O2.Na.H/c4-1-5-2(8)7-3(9)6-1;;/h(H4,4,5,6,7,8,9);;/q;+1;-1. The summed E-state index contributed by atoms with van der Waals surface area (Å²) in [7, 11) is 0. The fraction of sp³-hybridized carbons (Fsp3) is 0. The number of H-pyrrole nitrogens is 2. The van der Waals surface area contributed by atoms with Crippen molar-refractivity contribution in [3.63, 3.8) is 0 Å². The summed E-state index contributed by atoms with van der Waals surface area (Å²) in [5.41, 5.74) is 3.59. The number of nitrogens with zero attached hydrogens (tertiary/aromatic N) is 1. The number of anilines is 1. The van der Waals surface area contributed by atoms with Gasteiger partial charge < -0.3 is 7.16 Å². The molecule has 0 bridgehead atoms. The van der Waals surface area contributed by atoms with Crippen molar-refractivity contribution in [1.82, 2.24) is 15.0 Å². The van der Waals surface area contributed by atoms with Crippen LogP contribution in [0.5, 0.6) is 0 Å². The molecule has 0 radical (unpaired) electrons. The molecule has 0 saturated carbocycles. The molecule has 0 aromatic carbocycles. The molecule has 50 valence electrons. The third kappa shape index (κ3) is 2.34. The number of nitrogens with one attached hydrogen (secondary N) is 2. The van der Waals surface area contributed by atoms with Gasteiger partial charge in [-0.05, 0) is 0 Å². The monoisotopic (exact) mass is 152 g/mol. The van der Waals surface area contributed by atoms with Crippen LogP contribution in [0.4, 0.5) is 5.95 Å². The Hall–Kier alpha value is -0.590. The van der Waals surface area contributed by atoms with Gasteiger partial charge in [-0.15, -0.1) is 0 Å². The SMILES string of the molecule is Nc1nc(=O)[nH]c(=O)[nH]1.[H-].[Na+]. The number of aromatic amines is 2. The molecular weight excluding hydrogens is 147 g/mol. The molecular formula is C3H5N4NaO2. The van der Waals surface area contributed by atoms with Gasteiger partial charge in [0.2, 0.25) is 5.95 Å². The van der Waals surface area contributed by atoms with Gasteiger partial charge in [-0.1, -0.05) is 0 Å². The van der Waals surface area contributed by atoms with Crippen molar-refractivity contribution in [2.75, 3.05) is 5.73 Å². The van der Waals surface area contributed by atoms with Crippen LogP contribution >= 0.6 is 0 Å². The first-order valence-corrected chi connectivity index (χ1v) is 2.14. The quantitative estimate of drug-likeness (QED) is 0.324. The van der Waals surface area contributed by atoms with E-state index in [1.54, 1.807) is 0 Å². The Morgan fingerprint density at radius 1 is 1.40 bits per heavy atom. The van der Waals surface area contributed by atoms with Crippen molar-refractivity contribution < 1.29 is 31.0 Å². The van der Waals surface area contributed by atoms with Crippen molar-refractivity contribution in [2.24, 2.45) is 0 Å². The molecule has 0 unspecified atom stereocenters. The summed E-state index contributed by atoms with van der Waals surface area (Å²) in [6.07, 6.45) is 0. The topological polar surface area (TPSA) is 105 Å². The van der Waals surface area contributed by atoms with Crippen LogP contribution in [0.15, 0.2) is 9.59 Å². The van der Waals surface area contributed by atoms with E-state index in [1.165, 1.54) is 0 Å². The molecule has 0 atom stereocenters. The zero-order valence-electron chi connectivity index (χ0n) is 6.34. The van der Waals surface area contributed by atoms with Crippen molar-refractivity contribution in [3.05, 3.63) is 21.0 Å². The van der Waals surface area contributed by atoms with Crippen molar-refractivity contribution in [2.45, 2.75) is 0 Å². The van der Waals surface area contributed by atoms with Crippen molar-refractivity contribution in [3.8, 4) is 0 Å². The molecule has 0 amide bonds. The summed E-state index contributed by atoms with van der Waals surface area (Å²) in [4.78, 5) is 27.6. The predicted molar refractivity (Wildman–Crippen MR) is 31.0 cm³/mol. The number of nitrogen functional groups attached to an aromatic ring is 1. The van der Waals surface area contributed by atoms with Gasteiger partial charge in [0, 0.05) is 0 Å². The first kappa shape index (κ1) is 9.41. The average Bonchev–Trinajstić information content (AvgIpc) is 1.59. The van der Waals surface area contributed by atoms with Crippen molar-refractivity contribution in [1.29, 1.82) is 0 Å². The molecule has 0 aliphatic carbocycles. The largest absolute Gasteiger partial charge is 1.00 e. The Bertz CT molecular complexity index is 291. The second kappa shape index (κ2) is 3.55. The van der Waals surface area contributed by atoms with Crippen LogP contribution in [-0.2, 0) is 0 Å². The maximum Gasteiger partial charge on any atom is 1.00 e. The van der Waals surface area contributed by atoms with E-state index in [1.807, 2.05) is 4.98 Å². The molecule has 1 heterocycles. The van der Waals surface area contributed by atoms with Gasteiger partial charge in [0.15, 0.2) is 0 Å². The normalized spacial score (nSPS) is 8.40. The zero-order valence-corrected chi connectivity index (χ0v) is 7.34. The second-order valence-corrected chi connectivity index (χ2v) is 1.38. The number of hydrogen-bond donors (Lipinski definition) is 3. The van der Waals surface area contributed by atoms with Gasteiger partial charge in [-0.3, -0.25) is 9.97 Å². The summed E-state index contributed by atoms with van der Waals surface area (Å²) >= 11 is 0. The maximum atomic E-state index is 10.3. The zero-order chi connectivity index (χ0) is 6.85. The van der Waals surface area contributed by atoms with E-state index in [0.29, 0.717) is 0 Å². The Labute approximate surface area is 78.7 Å². The molecule has 1 aromatic rings. The molecule has 4 N–H and O–H groups in total. The molecule has 0 fully saturated rings. The van der Waals surface area contributed by atoms with E-state index >= 15 is 0 Å². The van der Waals surface area contributed by atoms with Crippen LogP contribution in [0, 0.1) is 0 Å². The van der Waals surface area contributed by atoms with E-state index in [9.17, 15) is 9.59 Å². The van der Waals surface area contributed by atoms with E-state index in [-0.39, 0.29) is 36.9 Å². The van der Waals surface area contributed by atoms with Crippen LogP contribution in [0.25, 0.3) is 0 Å². The molecule has 0 aliphatic heterocycles. The molecule has 7 heteroatoms. The van der Waals surface area contributed by atoms with Crippen molar-refractivity contribution >= 4 is 5.95 Å². The van der Waals surface area contributed by atoms with E-state index in [0.717, 1.165) is 0 Å². The van der Waals surface area contributed by atoms with Gasteiger partial charge in [-0.25, -0.2) is 9.59 Å². The number of rotatable bonds is 0. The molecule has 0 aliphatic rings. The summed E-state index contributed by atoms with van der Waals surface area (Å²) in [5, 5.41) is 0. The smallest absolute Gasteiger partial charge is 1.00 e. The fourth-order valence-corrected chi connectivity index (χ4v) is 0.410. The van der Waals surface area contributed by atoms with Crippen LogP contribution < -0.4 is 46.7 Å². The molecule has 1 aromatic heterocycles. The molecule has 0 saturated heterocycles. The van der Waals surface area contributed by atoms with Gasteiger partial charge in [0.05, 0.1) is 0 Å². The first-order chi connectivity index (χ1) is 4.18. The minimum atomic E-state index is -0.740. The third-order valence-corrected chi connectivity index (χ3v) is 0.684. The molecule has 6 nitrogen and oxygen atoms in total. The van der Waals surface area contributed by atoms with E-state index in [4.69, 9.17) is 5.73 Å². The number of hydrogen-bond acceptors (Lipinski definition) is 4. The average molecular weight is 152 g/mol. The number of aromatic nitrogens is 3. The summed E-state index contributed by atoms with van der Waals surface area (Å²) in [6.45, 7) is 0. The molecule has 1 rings (SSSR count). The summed E-state index contributed by atoms with van der Waals surface area (Å²) < 4.78 is 0. The second-order valence-electron chi connectivity index (χ2n) is 1.38.